The minimum Gasteiger partial charge on any atom is -0.382 e. The Balaban J connectivity index is 2.99. The summed E-state index contributed by atoms with van der Waals surface area (Å²) in [7, 11) is 3.29. The average molecular weight is 487 g/mol. The molecule has 0 heterocycles. The molecule has 0 aliphatic rings. The number of hydrogen-bond donors (Lipinski definition) is 0. The molecule has 0 radical (unpaired) electrons. The van der Waals surface area contributed by atoms with Gasteiger partial charge in [-0.2, -0.15) is 0 Å². The van der Waals surface area contributed by atoms with E-state index >= 15 is 0 Å². The monoisotopic (exact) mass is 486 g/mol. The molecule has 11 heteroatoms. The zero-order chi connectivity index (χ0) is 23.9. The van der Waals surface area contributed by atoms with Crippen molar-refractivity contribution in [2.45, 2.75) is 0 Å². The van der Waals surface area contributed by atoms with Crippen LogP contribution >= 0.6 is 0 Å². The van der Waals surface area contributed by atoms with E-state index in [0.29, 0.717) is 132 Å². The van der Waals surface area contributed by atoms with Gasteiger partial charge in [0.1, 0.15) is 0 Å². The molecule has 0 aliphatic heterocycles. The lowest BCUT2D eigenvalue weighted by Gasteiger charge is -2.09. The molecule has 0 rings (SSSR count). The lowest BCUT2D eigenvalue weighted by molar-refractivity contribution is -0.0266. The second kappa shape index (κ2) is 31.6. The molecule has 0 aliphatic carbocycles. The van der Waals surface area contributed by atoms with Crippen LogP contribution in [0.4, 0.5) is 0 Å². The van der Waals surface area contributed by atoms with Gasteiger partial charge in [-0.15, -0.1) is 0 Å². The van der Waals surface area contributed by atoms with E-state index in [2.05, 4.69) is 0 Å². The van der Waals surface area contributed by atoms with Crippen LogP contribution in [0.15, 0.2) is 0 Å². The first-order valence-electron chi connectivity index (χ1n) is 11.6. The highest BCUT2D eigenvalue weighted by Gasteiger charge is 1.95. The summed E-state index contributed by atoms with van der Waals surface area (Å²) in [5, 5.41) is 0. The molecule has 33 heavy (non-hydrogen) atoms. The normalized spacial score (nSPS) is 11.5. The van der Waals surface area contributed by atoms with Crippen LogP contribution in [0.1, 0.15) is 0 Å². The first-order valence-corrected chi connectivity index (χ1v) is 11.6. The van der Waals surface area contributed by atoms with Crippen LogP contribution in [0.3, 0.4) is 0 Å². The van der Waals surface area contributed by atoms with Gasteiger partial charge >= 0.3 is 0 Å². The van der Waals surface area contributed by atoms with Crippen molar-refractivity contribution in [2.75, 3.05) is 146 Å². The average Bonchev–Trinajstić information content (AvgIpc) is 2.83. The molecule has 0 atom stereocenters. The standard InChI is InChI=1S/C22H46O11/c1-23-3-5-25-7-9-27-11-13-29-15-17-31-19-21-33-22-20-32-18-16-30-14-12-28-10-8-26-6-4-24-2/h3-22H2,1-2H3. The zero-order valence-corrected chi connectivity index (χ0v) is 20.6. The molecular weight excluding hydrogens is 440 g/mol. The SMILES string of the molecule is COCCOCCOCCOCCOCCOCCOCCOCCOCCOCCOC. The fraction of sp³-hybridized carbons (Fsp3) is 1.00. The van der Waals surface area contributed by atoms with E-state index in [9.17, 15) is 0 Å². The third kappa shape index (κ3) is 31.6. The maximum absolute atomic E-state index is 5.44. The van der Waals surface area contributed by atoms with Crippen LogP contribution in [0, 0.1) is 0 Å². The summed E-state index contributed by atoms with van der Waals surface area (Å²) in [4.78, 5) is 0. The van der Waals surface area contributed by atoms with Gasteiger partial charge in [-0.3, -0.25) is 0 Å². The highest BCUT2D eigenvalue weighted by Crippen LogP contribution is 1.86. The van der Waals surface area contributed by atoms with Crippen molar-refractivity contribution < 1.29 is 52.1 Å². The predicted molar refractivity (Wildman–Crippen MR) is 121 cm³/mol. The fourth-order valence-electron chi connectivity index (χ4n) is 2.15. The van der Waals surface area contributed by atoms with Gasteiger partial charge in [0.15, 0.2) is 0 Å². The number of rotatable bonds is 30. The van der Waals surface area contributed by atoms with E-state index < -0.39 is 0 Å². The van der Waals surface area contributed by atoms with E-state index in [0.717, 1.165) is 0 Å². The highest BCUT2D eigenvalue weighted by molar-refractivity contribution is 4.38. The molecule has 200 valence electrons. The zero-order valence-electron chi connectivity index (χ0n) is 20.6. The van der Waals surface area contributed by atoms with Crippen LogP contribution in [0.5, 0.6) is 0 Å². The Kier molecular flexibility index (Phi) is 31.1. The van der Waals surface area contributed by atoms with Crippen LogP contribution in [-0.2, 0) is 52.1 Å². The molecule has 0 saturated heterocycles. The van der Waals surface area contributed by atoms with Crippen LogP contribution in [0.25, 0.3) is 0 Å². The summed E-state index contributed by atoms with van der Waals surface area (Å²) in [6.45, 7) is 11.0. The third-order valence-corrected chi connectivity index (χ3v) is 3.84. The molecule has 0 bridgehead atoms. The van der Waals surface area contributed by atoms with E-state index in [1.807, 2.05) is 0 Å². The van der Waals surface area contributed by atoms with Crippen molar-refractivity contribution >= 4 is 0 Å². The molecule has 0 fully saturated rings. The summed E-state index contributed by atoms with van der Waals surface area (Å²) >= 11 is 0. The largest absolute Gasteiger partial charge is 0.382 e. The van der Waals surface area contributed by atoms with Crippen LogP contribution < -0.4 is 0 Å². The van der Waals surface area contributed by atoms with Crippen molar-refractivity contribution in [3.8, 4) is 0 Å². The second-order valence-corrected chi connectivity index (χ2v) is 6.50. The highest BCUT2D eigenvalue weighted by atomic mass is 16.6. The smallest absolute Gasteiger partial charge is 0.0701 e. The molecule has 0 aromatic rings. The minimum atomic E-state index is 0.526. The summed E-state index contributed by atoms with van der Waals surface area (Å²) in [5.41, 5.74) is 0. The van der Waals surface area contributed by atoms with Gasteiger partial charge in [-0.05, 0) is 0 Å². The Morgan fingerprint density at radius 2 is 0.333 bits per heavy atom. The maximum Gasteiger partial charge on any atom is 0.0701 e. The summed E-state index contributed by atoms with van der Waals surface area (Å²) in [6.07, 6.45) is 0. The van der Waals surface area contributed by atoms with Gasteiger partial charge < -0.3 is 52.1 Å². The van der Waals surface area contributed by atoms with Crippen LogP contribution in [0.2, 0.25) is 0 Å². The Hall–Kier alpha value is -0.440. The van der Waals surface area contributed by atoms with Crippen molar-refractivity contribution in [3.63, 3.8) is 0 Å². The molecule has 11 nitrogen and oxygen atoms in total. The maximum atomic E-state index is 5.44. The topological polar surface area (TPSA) is 102 Å². The van der Waals surface area contributed by atoms with Gasteiger partial charge in [0.05, 0.1) is 132 Å². The van der Waals surface area contributed by atoms with E-state index in [1.165, 1.54) is 0 Å². The Bertz CT molecular complexity index is 307. The fourth-order valence-corrected chi connectivity index (χ4v) is 2.15. The lowest BCUT2D eigenvalue weighted by atomic mass is 10.6. The van der Waals surface area contributed by atoms with Gasteiger partial charge in [0, 0.05) is 14.2 Å². The molecule has 0 amide bonds. The van der Waals surface area contributed by atoms with E-state index in [-0.39, 0.29) is 0 Å². The molecule has 0 unspecified atom stereocenters. The molecule has 0 aromatic heterocycles. The summed E-state index contributed by atoms with van der Waals surface area (Å²) in [6, 6.07) is 0. The minimum absolute atomic E-state index is 0.526. The molecule has 0 N–H and O–H groups in total. The number of hydrogen-bond acceptors (Lipinski definition) is 11. The van der Waals surface area contributed by atoms with Crippen molar-refractivity contribution in [1.29, 1.82) is 0 Å². The third-order valence-electron chi connectivity index (χ3n) is 3.84. The first kappa shape index (κ1) is 32.6. The quantitative estimate of drug-likeness (QED) is 0.132. The first-order chi connectivity index (χ1) is 16.4. The van der Waals surface area contributed by atoms with Gasteiger partial charge in [0.25, 0.3) is 0 Å². The number of ether oxygens (including phenoxy) is 11. The molecular formula is C22H46O11. The molecule has 0 aromatic carbocycles. The second-order valence-electron chi connectivity index (χ2n) is 6.50. The van der Waals surface area contributed by atoms with E-state index in [1.54, 1.807) is 14.2 Å². The molecule has 0 spiro atoms. The van der Waals surface area contributed by atoms with Crippen molar-refractivity contribution in [3.05, 3.63) is 0 Å². The Morgan fingerprint density at radius 3 is 0.455 bits per heavy atom. The van der Waals surface area contributed by atoms with Crippen molar-refractivity contribution in [2.24, 2.45) is 0 Å². The van der Waals surface area contributed by atoms with Gasteiger partial charge in [-0.1, -0.05) is 0 Å². The Labute approximate surface area is 199 Å². The summed E-state index contributed by atoms with van der Waals surface area (Å²) < 4.78 is 58.2. The van der Waals surface area contributed by atoms with Gasteiger partial charge in [0.2, 0.25) is 0 Å². The molecule has 0 saturated carbocycles. The van der Waals surface area contributed by atoms with Crippen molar-refractivity contribution in [1.82, 2.24) is 0 Å². The Morgan fingerprint density at radius 1 is 0.212 bits per heavy atom. The summed E-state index contributed by atoms with van der Waals surface area (Å²) in [5.74, 6) is 0. The number of methoxy groups -OCH3 is 2. The lowest BCUT2D eigenvalue weighted by Crippen LogP contribution is -2.15. The predicted octanol–water partition coefficient (Wildman–Crippen LogP) is 0.429. The van der Waals surface area contributed by atoms with E-state index in [4.69, 9.17) is 52.1 Å². The van der Waals surface area contributed by atoms with Crippen LogP contribution in [-0.4, -0.2) is 146 Å². The van der Waals surface area contributed by atoms with Gasteiger partial charge in [-0.25, -0.2) is 0 Å².